The molecule has 94 valence electrons. The van der Waals surface area contributed by atoms with Crippen LogP contribution in [0.3, 0.4) is 0 Å². The fraction of sp³-hybridized carbons (Fsp3) is 0.500. The van der Waals surface area contributed by atoms with Crippen molar-refractivity contribution in [2.75, 3.05) is 31.5 Å². The van der Waals surface area contributed by atoms with Crippen molar-refractivity contribution in [1.29, 1.82) is 0 Å². The Morgan fingerprint density at radius 1 is 1.24 bits per heavy atom. The van der Waals surface area contributed by atoms with E-state index in [1.807, 2.05) is 18.2 Å². The van der Waals surface area contributed by atoms with Gasteiger partial charge in [0.2, 0.25) is 6.79 Å². The number of rotatable bonds is 7. The minimum Gasteiger partial charge on any atom is -0.454 e. The van der Waals surface area contributed by atoms with Crippen molar-refractivity contribution in [3.8, 4) is 11.5 Å². The Kier molecular flexibility index (Phi) is 4.97. The summed E-state index contributed by atoms with van der Waals surface area (Å²) in [5.41, 5.74) is 1.08. The van der Waals surface area contributed by atoms with Crippen LogP contribution in [0, 0.1) is 0 Å². The third kappa shape index (κ3) is 3.80. The molecular formula is C12H16O4S. The topological polar surface area (TPSA) is 47.9 Å². The van der Waals surface area contributed by atoms with Crippen molar-refractivity contribution in [2.24, 2.45) is 0 Å². The highest BCUT2D eigenvalue weighted by Gasteiger charge is 2.12. The SMILES string of the molecule is OCCSCCOCc1ccc2c(c1)OCO2. The van der Waals surface area contributed by atoms with Gasteiger partial charge in [-0.1, -0.05) is 6.07 Å². The standard InChI is InChI=1S/C12H16O4S/c13-3-5-17-6-4-14-8-10-1-2-11-12(7-10)16-9-15-11/h1-2,7,13H,3-6,8-9H2. The van der Waals surface area contributed by atoms with Crippen molar-refractivity contribution >= 4 is 11.8 Å². The fourth-order valence-corrected chi connectivity index (χ4v) is 2.07. The van der Waals surface area contributed by atoms with Gasteiger partial charge in [0.05, 0.1) is 19.8 Å². The van der Waals surface area contributed by atoms with Gasteiger partial charge in [0, 0.05) is 11.5 Å². The van der Waals surface area contributed by atoms with Crippen molar-refractivity contribution in [1.82, 2.24) is 0 Å². The van der Waals surface area contributed by atoms with Gasteiger partial charge in [0.25, 0.3) is 0 Å². The van der Waals surface area contributed by atoms with Crippen LogP contribution in [-0.2, 0) is 11.3 Å². The Morgan fingerprint density at radius 2 is 2.12 bits per heavy atom. The normalized spacial score (nSPS) is 13.0. The molecule has 1 aliphatic heterocycles. The van der Waals surface area contributed by atoms with E-state index in [0.717, 1.165) is 28.6 Å². The van der Waals surface area contributed by atoms with Crippen LogP contribution in [0.1, 0.15) is 5.56 Å². The highest BCUT2D eigenvalue weighted by Crippen LogP contribution is 2.32. The molecule has 0 aliphatic carbocycles. The van der Waals surface area contributed by atoms with Crippen LogP contribution in [0.4, 0.5) is 0 Å². The molecule has 0 radical (unpaired) electrons. The number of fused-ring (bicyclic) bond motifs is 1. The van der Waals surface area contributed by atoms with E-state index in [1.165, 1.54) is 0 Å². The van der Waals surface area contributed by atoms with Crippen molar-refractivity contribution < 1.29 is 19.3 Å². The monoisotopic (exact) mass is 256 g/mol. The molecule has 2 rings (SSSR count). The highest BCUT2D eigenvalue weighted by atomic mass is 32.2. The molecule has 1 aliphatic rings. The third-order valence-corrected chi connectivity index (χ3v) is 3.24. The first-order valence-corrected chi connectivity index (χ1v) is 6.70. The zero-order valence-corrected chi connectivity index (χ0v) is 10.4. The first-order valence-electron chi connectivity index (χ1n) is 5.55. The maximum absolute atomic E-state index is 8.60. The minimum absolute atomic E-state index is 0.229. The van der Waals surface area contributed by atoms with E-state index in [1.54, 1.807) is 11.8 Å². The Labute approximate surface area is 105 Å². The van der Waals surface area contributed by atoms with Gasteiger partial charge >= 0.3 is 0 Å². The molecule has 0 unspecified atom stereocenters. The molecule has 0 bridgehead atoms. The molecule has 0 amide bonds. The summed E-state index contributed by atoms with van der Waals surface area (Å²) >= 11 is 1.69. The first-order chi connectivity index (χ1) is 8.40. The van der Waals surface area contributed by atoms with Crippen LogP contribution < -0.4 is 9.47 Å². The Hall–Kier alpha value is -0.910. The van der Waals surface area contributed by atoms with Crippen molar-refractivity contribution in [3.63, 3.8) is 0 Å². The molecule has 0 spiro atoms. The molecule has 1 aromatic carbocycles. The number of aliphatic hydroxyl groups is 1. The largest absolute Gasteiger partial charge is 0.454 e. The van der Waals surface area contributed by atoms with Gasteiger partial charge in [-0.25, -0.2) is 0 Å². The third-order valence-electron chi connectivity index (χ3n) is 2.31. The second kappa shape index (κ2) is 6.74. The van der Waals surface area contributed by atoms with Gasteiger partial charge in [0.15, 0.2) is 11.5 Å². The molecule has 0 saturated heterocycles. The second-order valence-electron chi connectivity index (χ2n) is 3.58. The van der Waals surface area contributed by atoms with Crippen LogP contribution in [0.15, 0.2) is 18.2 Å². The maximum atomic E-state index is 8.60. The van der Waals surface area contributed by atoms with E-state index in [9.17, 15) is 0 Å². The summed E-state index contributed by atoms with van der Waals surface area (Å²) in [7, 11) is 0. The van der Waals surface area contributed by atoms with E-state index in [4.69, 9.17) is 19.3 Å². The number of ether oxygens (including phenoxy) is 3. The average molecular weight is 256 g/mol. The molecule has 0 fully saturated rings. The van der Waals surface area contributed by atoms with Crippen molar-refractivity contribution in [2.45, 2.75) is 6.61 Å². The summed E-state index contributed by atoms with van der Waals surface area (Å²) in [6, 6.07) is 5.83. The quantitative estimate of drug-likeness (QED) is 0.752. The molecular weight excluding hydrogens is 240 g/mol. The first kappa shape index (κ1) is 12.5. The molecule has 1 heterocycles. The van der Waals surface area contributed by atoms with Gasteiger partial charge in [-0.3, -0.25) is 0 Å². The average Bonchev–Trinajstić information content (AvgIpc) is 2.81. The fourth-order valence-electron chi connectivity index (χ4n) is 1.51. The minimum atomic E-state index is 0.229. The molecule has 1 aromatic rings. The molecule has 1 N–H and O–H groups in total. The summed E-state index contributed by atoms with van der Waals surface area (Å²) in [6.45, 7) is 1.81. The number of thioether (sulfide) groups is 1. The number of benzene rings is 1. The van der Waals surface area contributed by atoms with E-state index in [2.05, 4.69) is 0 Å². The molecule has 0 atom stereocenters. The number of hydrogen-bond donors (Lipinski definition) is 1. The van der Waals surface area contributed by atoms with Gasteiger partial charge in [-0.2, -0.15) is 11.8 Å². The Morgan fingerprint density at radius 3 is 3.00 bits per heavy atom. The van der Waals surface area contributed by atoms with Gasteiger partial charge in [0.1, 0.15) is 0 Å². The van der Waals surface area contributed by atoms with Crippen LogP contribution in [0.5, 0.6) is 11.5 Å². The lowest BCUT2D eigenvalue weighted by molar-refractivity contribution is 0.136. The molecule has 0 aromatic heterocycles. The summed E-state index contributed by atoms with van der Waals surface area (Å²) in [4.78, 5) is 0. The zero-order chi connectivity index (χ0) is 11.9. The second-order valence-corrected chi connectivity index (χ2v) is 4.80. The van der Waals surface area contributed by atoms with E-state index in [0.29, 0.717) is 20.0 Å². The summed E-state index contributed by atoms with van der Waals surface area (Å²) in [5.74, 6) is 3.27. The van der Waals surface area contributed by atoms with Crippen LogP contribution in [-0.4, -0.2) is 36.6 Å². The molecule has 5 heteroatoms. The smallest absolute Gasteiger partial charge is 0.231 e. The lowest BCUT2D eigenvalue weighted by Gasteiger charge is -2.05. The lowest BCUT2D eigenvalue weighted by atomic mass is 10.2. The van der Waals surface area contributed by atoms with Crippen LogP contribution in [0.25, 0.3) is 0 Å². The predicted octanol–water partition coefficient (Wildman–Crippen LogP) is 1.66. The summed E-state index contributed by atoms with van der Waals surface area (Å²) < 4.78 is 16.0. The van der Waals surface area contributed by atoms with Crippen LogP contribution >= 0.6 is 11.8 Å². The molecule has 4 nitrogen and oxygen atoms in total. The highest BCUT2D eigenvalue weighted by molar-refractivity contribution is 7.99. The van der Waals surface area contributed by atoms with E-state index < -0.39 is 0 Å². The maximum Gasteiger partial charge on any atom is 0.231 e. The van der Waals surface area contributed by atoms with Crippen LogP contribution in [0.2, 0.25) is 0 Å². The van der Waals surface area contributed by atoms with Gasteiger partial charge in [-0.05, 0) is 17.7 Å². The number of hydrogen-bond acceptors (Lipinski definition) is 5. The van der Waals surface area contributed by atoms with E-state index in [-0.39, 0.29) is 6.61 Å². The molecule has 0 saturated carbocycles. The zero-order valence-electron chi connectivity index (χ0n) is 9.55. The number of aliphatic hydroxyl groups excluding tert-OH is 1. The van der Waals surface area contributed by atoms with Gasteiger partial charge < -0.3 is 19.3 Å². The lowest BCUT2D eigenvalue weighted by Crippen LogP contribution is -1.99. The Balaban J connectivity index is 1.69. The van der Waals surface area contributed by atoms with E-state index >= 15 is 0 Å². The Bertz CT molecular complexity index is 356. The summed E-state index contributed by atoms with van der Waals surface area (Å²) in [6.07, 6.45) is 0. The van der Waals surface area contributed by atoms with Gasteiger partial charge in [-0.15, -0.1) is 0 Å². The molecule has 17 heavy (non-hydrogen) atoms. The predicted molar refractivity (Wildman–Crippen MR) is 66.6 cm³/mol. The summed E-state index contributed by atoms with van der Waals surface area (Å²) in [5, 5.41) is 8.60. The van der Waals surface area contributed by atoms with Crippen molar-refractivity contribution in [3.05, 3.63) is 23.8 Å².